The van der Waals surface area contributed by atoms with E-state index in [2.05, 4.69) is 35.6 Å². The maximum atomic E-state index is 12.6. The predicted molar refractivity (Wildman–Crippen MR) is 111 cm³/mol. The number of fused-ring (bicyclic) bond motifs is 1. The van der Waals surface area contributed by atoms with Crippen molar-refractivity contribution in [1.82, 2.24) is 15.3 Å². The van der Waals surface area contributed by atoms with Crippen LogP contribution in [0, 0.1) is 0 Å². The Morgan fingerprint density at radius 1 is 0.929 bits per heavy atom. The fraction of sp³-hybridized carbons (Fsp3) is 0.261. The number of amides is 1. The molecule has 1 fully saturated rings. The zero-order valence-electron chi connectivity index (χ0n) is 16.1. The minimum atomic E-state index is -0.0721. The quantitative estimate of drug-likeness (QED) is 0.743. The number of benzene rings is 3. The van der Waals surface area contributed by atoms with E-state index >= 15 is 0 Å². The van der Waals surface area contributed by atoms with E-state index in [4.69, 9.17) is 4.74 Å². The first kappa shape index (κ1) is 18.5. The van der Waals surface area contributed by atoms with Crippen LogP contribution in [0.3, 0.4) is 0 Å². The Morgan fingerprint density at radius 2 is 1.71 bits per heavy atom. The van der Waals surface area contributed by atoms with Crippen LogP contribution in [0.2, 0.25) is 0 Å². The van der Waals surface area contributed by atoms with Crippen molar-refractivity contribution in [3.8, 4) is 5.75 Å². The van der Waals surface area contributed by atoms with Crippen molar-refractivity contribution in [1.29, 1.82) is 0 Å². The van der Waals surface area contributed by atoms with Gasteiger partial charge in [-0.25, -0.2) is 5.01 Å². The molecule has 1 aliphatic rings. The molecule has 0 radical (unpaired) electrons. The number of carbonyl (C=O) groups excluding carboxylic acids is 1. The molecule has 1 amide bonds. The molecule has 1 heterocycles. The first-order valence-electron chi connectivity index (χ1n) is 9.62. The maximum Gasteiger partial charge on any atom is 0.265 e. The highest BCUT2D eigenvalue weighted by atomic mass is 16.5. The van der Waals surface area contributed by atoms with E-state index in [0.29, 0.717) is 12.2 Å². The van der Waals surface area contributed by atoms with Gasteiger partial charge in [-0.1, -0.05) is 42.5 Å². The number of carbonyl (C=O) groups is 1. The third-order valence-corrected chi connectivity index (χ3v) is 5.08. The molecule has 1 aliphatic heterocycles. The van der Waals surface area contributed by atoms with E-state index in [0.717, 1.165) is 42.9 Å². The molecule has 0 aromatic heterocycles. The summed E-state index contributed by atoms with van der Waals surface area (Å²) in [5, 5.41) is 4.33. The Balaban J connectivity index is 1.38. The summed E-state index contributed by atoms with van der Waals surface area (Å²) in [6, 6.07) is 21.9. The van der Waals surface area contributed by atoms with Crippen LogP contribution in [0.5, 0.6) is 5.75 Å². The summed E-state index contributed by atoms with van der Waals surface area (Å²) in [5.41, 5.74) is 4.63. The summed E-state index contributed by atoms with van der Waals surface area (Å²) >= 11 is 0. The van der Waals surface area contributed by atoms with Gasteiger partial charge in [0.2, 0.25) is 0 Å². The third kappa shape index (κ3) is 4.50. The largest absolute Gasteiger partial charge is 0.489 e. The summed E-state index contributed by atoms with van der Waals surface area (Å²) in [7, 11) is 2.10. The monoisotopic (exact) mass is 375 g/mol. The van der Waals surface area contributed by atoms with E-state index in [1.165, 1.54) is 5.39 Å². The maximum absolute atomic E-state index is 12.6. The smallest absolute Gasteiger partial charge is 0.265 e. The Kier molecular flexibility index (Phi) is 5.55. The van der Waals surface area contributed by atoms with Crippen LogP contribution < -0.4 is 10.2 Å². The second-order valence-electron chi connectivity index (χ2n) is 7.23. The lowest BCUT2D eigenvalue weighted by Gasteiger charge is -2.32. The average molecular weight is 375 g/mol. The number of ether oxygens (including phenoxy) is 1. The number of nitrogens with one attached hydrogen (secondary N) is 1. The number of rotatable bonds is 5. The molecule has 144 valence electrons. The third-order valence-electron chi connectivity index (χ3n) is 5.08. The van der Waals surface area contributed by atoms with Crippen LogP contribution in [-0.2, 0) is 6.61 Å². The van der Waals surface area contributed by atoms with Crippen molar-refractivity contribution >= 4 is 16.7 Å². The molecule has 0 atom stereocenters. The molecule has 28 heavy (non-hydrogen) atoms. The number of hydrazine groups is 1. The van der Waals surface area contributed by atoms with Crippen molar-refractivity contribution in [3.05, 3.63) is 77.9 Å². The minimum Gasteiger partial charge on any atom is -0.489 e. The zero-order valence-corrected chi connectivity index (χ0v) is 16.1. The van der Waals surface area contributed by atoms with Crippen LogP contribution in [0.1, 0.15) is 15.9 Å². The lowest BCUT2D eigenvalue weighted by molar-refractivity contribution is 0.0662. The molecule has 5 nitrogen and oxygen atoms in total. The SMILES string of the molecule is CN1CCN(NC(=O)c2cccc(COc3ccc4ccccc4c3)c2)CC1. The Bertz CT molecular complexity index is 965. The second-order valence-corrected chi connectivity index (χ2v) is 7.23. The summed E-state index contributed by atoms with van der Waals surface area (Å²) in [6.45, 7) is 4.02. The summed E-state index contributed by atoms with van der Waals surface area (Å²) in [5.74, 6) is 0.753. The van der Waals surface area contributed by atoms with Gasteiger partial charge in [0, 0.05) is 31.7 Å². The van der Waals surface area contributed by atoms with Gasteiger partial charge in [0.25, 0.3) is 5.91 Å². The fourth-order valence-electron chi connectivity index (χ4n) is 3.35. The molecule has 3 aromatic carbocycles. The van der Waals surface area contributed by atoms with Crippen LogP contribution in [0.25, 0.3) is 10.8 Å². The summed E-state index contributed by atoms with van der Waals surface area (Å²) in [4.78, 5) is 14.8. The number of piperazine rings is 1. The average Bonchev–Trinajstić information content (AvgIpc) is 2.74. The van der Waals surface area contributed by atoms with Gasteiger partial charge in [0.05, 0.1) is 0 Å². The lowest BCUT2D eigenvalue weighted by Crippen LogP contribution is -2.52. The molecule has 1 N–H and O–H groups in total. The normalized spacial score (nSPS) is 15.5. The van der Waals surface area contributed by atoms with Crippen LogP contribution >= 0.6 is 0 Å². The van der Waals surface area contributed by atoms with Crippen LogP contribution in [0.4, 0.5) is 0 Å². The van der Waals surface area contributed by atoms with E-state index in [-0.39, 0.29) is 5.91 Å². The van der Waals surface area contributed by atoms with Crippen molar-refractivity contribution in [2.24, 2.45) is 0 Å². The Hall–Kier alpha value is -2.89. The van der Waals surface area contributed by atoms with Crippen LogP contribution in [0.15, 0.2) is 66.7 Å². The standard InChI is InChI=1S/C23H25N3O2/c1-25-11-13-26(14-12-25)24-23(27)21-8-4-5-18(15-21)17-28-22-10-9-19-6-2-3-7-20(19)16-22/h2-10,15-16H,11-14,17H2,1H3,(H,24,27). The first-order chi connectivity index (χ1) is 13.7. The summed E-state index contributed by atoms with van der Waals surface area (Å²) < 4.78 is 5.95. The van der Waals surface area contributed by atoms with Crippen molar-refractivity contribution in [2.75, 3.05) is 33.2 Å². The van der Waals surface area contributed by atoms with Crippen LogP contribution in [-0.4, -0.2) is 49.0 Å². The topological polar surface area (TPSA) is 44.8 Å². The molecule has 1 saturated heterocycles. The van der Waals surface area contributed by atoms with E-state index < -0.39 is 0 Å². The van der Waals surface area contributed by atoms with Gasteiger partial charge >= 0.3 is 0 Å². The Morgan fingerprint density at radius 3 is 2.54 bits per heavy atom. The van der Waals surface area contributed by atoms with Gasteiger partial charge < -0.3 is 9.64 Å². The molecule has 0 aliphatic carbocycles. The van der Waals surface area contributed by atoms with E-state index in [1.54, 1.807) is 0 Å². The lowest BCUT2D eigenvalue weighted by atomic mass is 10.1. The highest BCUT2D eigenvalue weighted by Crippen LogP contribution is 2.21. The Labute approximate surface area is 165 Å². The number of likely N-dealkylation sites (N-methyl/N-ethyl adjacent to an activating group) is 1. The molecular weight excluding hydrogens is 350 g/mol. The van der Waals surface area contributed by atoms with Gasteiger partial charge in [-0.05, 0) is 47.6 Å². The predicted octanol–water partition coefficient (Wildman–Crippen LogP) is 3.31. The van der Waals surface area contributed by atoms with E-state index in [9.17, 15) is 4.79 Å². The minimum absolute atomic E-state index is 0.0721. The highest BCUT2D eigenvalue weighted by molar-refractivity contribution is 5.94. The highest BCUT2D eigenvalue weighted by Gasteiger charge is 2.16. The molecule has 0 saturated carbocycles. The van der Waals surface area contributed by atoms with E-state index in [1.807, 2.05) is 53.5 Å². The van der Waals surface area contributed by atoms with Gasteiger partial charge in [0.1, 0.15) is 12.4 Å². The van der Waals surface area contributed by atoms with Crippen molar-refractivity contribution in [2.45, 2.75) is 6.61 Å². The molecule has 5 heteroatoms. The van der Waals surface area contributed by atoms with Gasteiger partial charge in [-0.15, -0.1) is 0 Å². The first-order valence-corrected chi connectivity index (χ1v) is 9.62. The molecule has 0 unspecified atom stereocenters. The van der Waals surface area contributed by atoms with Crippen molar-refractivity contribution in [3.63, 3.8) is 0 Å². The zero-order chi connectivity index (χ0) is 19.3. The molecule has 0 spiro atoms. The fourth-order valence-corrected chi connectivity index (χ4v) is 3.35. The van der Waals surface area contributed by atoms with Crippen molar-refractivity contribution < 1.29 is 9.53 Å². The molecular formula is C23H25N3O2. The number of hydrogen-bond donors (Lipinski definition) is 1. The number of hydrogen-bond acceptors (Lipinski definition) is 4. The number of nitrogens with zero attached hydrogens (tertiary/aromatic N) is 2. The molecule has 4 rings (SSSR count). The summed E-state index contributed by atoms with van der Waals surface area (Å²) in [6.07, 6.45) is 0. The van der Waals surface area contributed by atoms with Gasteiger partial charge in [0.15, 0.2) is 0 Å². The molecule has 3 aromatic rings. The van der Waals surface area contributed by atoms with Gasteiger partial charge in [-0.2, -0.15) is 0 Å². The second kappa shape index (κ2) is 8.42. The van der Waals surface area contributed by atoms with Gasteiger partial charge in [-0.3, -0.25) is 10.2 Å². The molecule has 0 bridgehead atoms.